The molecule has 1 aliphatic heterocycles. The van der Waals surface area contributed by atoms with Gasteiger partial charge < -0.3 is 4.74 Å². The van der Waals surface area contributed by atoms with Gasteiger partial charge in [0.1, 0.15) is 5.75 Å². The lowest BCUT2D eigenvalue weighted by Gasteiger charge is -2.10. The molecule has 0 fully saturated rings. The summed E-state index contributed by atoms with van der Waals surface area (Å²) in [6.07, 6.45) is 4.52. The number of benzene rings is 2. The topological polar surface area (TPSA) is 43.4 Å². The molecule has 22 heavy (non-hydrogen) atoms. The van der Waals surface area contributed by atoms with Crippen LogP contribution in [0.15, 0.2) is 52.3 Å². The number of unbranched alkanes of at least 4 members (excludes halogenated alkanes) is 3. The summed E-state index contributed by atoms with van der Waals surface area (Å²) < 4.78 is 31.1. The zero-order valence-corrected chi connectivity index (χ0v) is 13.5. The normalized spacial score (nSPS) is 14.4. The van der Waals surface area contributed by atoms with E-state index in [9.17, 15) is 8.42 Å². The van der Waals surface area contributed by atoms with Crippen molar-refractivity contribution in [2.75, 3.05) is 6.61 Å². The highest BCUT2D eigenvalue weighted by Crippen LogP contribution is 2.47. The molecule has 0 atom stereocenters. The molecule has 0 amide bonds. The third kappa shape index (κ3) is 2.52. The zero-order valence-electron chi connectivity index (χ0n) is 12.7. The van der Waals surface area contributed by atoms with Crippen molar-refractivity contribution in [3.63, 3.8) is 0 Å². The molecule has 0 radical (unpaired) electrons. The summed E-state index contributed by atoms with van der Waals surface area (Å²) in [4.78, 5) is 0.742. The van der Waals surface area contributed by atoms with Crippen LogP contribution in [0, 0.1) is 0 Å². The molecule has 0 N–H and O–H groups in total. The van der Waals surface area contributed by atoms with E-state index in [4.69, 9.17) is 4.74 Å². The van der Waals surface area contributed by atoms with Gasteiger partial charge in [-0.3, -0.25) is 0 Å². The molecule has 3 rings (SSSR count). The predicted molar refractivity (Wildman–Crippen MR) is 87.0 cm³/mol. The Labute approximate surface area is 131 Å². The molecule has 3 nitrogen and oxygen atoms in total. The van der Waals surface area contributed by atoms with Crippen molar-refractivity contribution >= 4 is 9.84 Å². The Bertz CT molecular complexity index is 779. The van der Waals surface area contributed by atoms with E-state index in [2.05, 4.69) is 6.92 Å². The molecule has 1 heterocycles. The van der Waals surface area contributed by atoms with Crippen molar-refractivity contribution in [1.82, 2.24) is 0 Å². The van der Waals surface area contributed by atoms with Crippen LogP contribution in [0.5, 0.6) is 5.75 Å². The first kappa shape index (κ1) is 15.1. The van der Waals surface area contributed by atoms with Crippen molar-refractivity contribution in [2.45, 2.75) is 42.4 Å². The molecule has 4 heteroatoms. The van der Waals surface area contributed by atoms with E-state index < -0.39 is 9.84 Å². The zero-order chi connectivity index (χ0) is 15.6. The third-order valence-corrected chi connectivity index (χ3v) is 5.83. The molecular formula is C18H20O3S. The first-order chi connectivity index (χ1) is 10.7. The number of ether oxygens (including phenoxy) is 1. The first-order valence-electron chi connectivity index (χ1n) is 7.76. The summed E-state index contributed by atoms with van der Waals surface area (Å²) in [5.41, 5.74) is 1.47. The van der Waals surface area contributed by atoms with E-state index >= 15 is 0 Å². The summed E-state index contributed by atoms with van der Waals surface area (Å²) in [6, 6.07) is 12.4. The monoisotopic (exact) mass is 316 g/mol. The number of hydrogen-bond acceptors (Lipinski definition) is 3. The quantitative estimate of drug-likeness (QED) is 0.631. The Hall–Kier alpha value is -1.81. The van der Waals surface area contributed by atoms with Gasteiger partial charge in [-0.2, -0.15) is 0 Å². The lowest BCUT2D eigenvalue weighted by atomic mass is 10.1. The van der Waals surface area contributed by atoms with E-state index in [0.717, 1.165) is 18.4 Å². The Balaban J connectivity index is 1.93. The number of fused-ring (bicyclic) bond motifs is 3. The minimum Gasteiger partial charge on any atom is -0.493 e. The molecule has 116 valence electrons. The number of sulfone groups is 1. The molecule has 0 saturated carbocycles. The highest BCUT2D eigenvalue weighted by molar-refractivity contribution is 7.92. The molecule has 0 saturated heterocycles. The van der Waals surface area contributed by atoms with E-state index in [1.165, 1.54) is 12.8 Å². The summed E-state index contributed by atoms with van der Waals surface area (Å²) in [5, 5.41) is 0. The van der Waals surface area contributed by atoms with Gasteiger partial charge >= 0.3 is 0 Å². The largest absolute Gasteiger partial charge is 0.493 e. The Kier molecular flexibility index (Phi) is 4.21. The lowest BCUT2D eigenvalue weighted by Crippen LogP contribution is -2.00. The van der Waals surface area contributed by atoms with Crippen molar-refractivity contribution in [1.29, 1.82) is 0 Å². The lowest BCUT2D eigenvalue weighted by molar-refractivity contribution is 0.305. The smallest absolute Gasteiger partial charge is 0.207 e. The van der Waals surface area contributed by atoms with Crippen molar-refractivity contribution in [3.05, 3.63) is 42.5 Å². The van der Waals surface area contributed by atoms with Crippen molar-refractivity contribution < 1.29 is 13.2 Å². The van der Waals surface area contributed by atoms with E-state index in [1.807, 2.05) is 18.2 Å². The van der Waals surface area contributed by atoms with Crippen LogP contribution in [0.4, 0.5) is 0 Å². The molecule has 2 aromatic rings. The van der Waals surface area contributed by atoms with Crippen LogP contribution in [0.3, 0.4) is 0 Å². The van der Waals surface area contributed by atoms with Crippen molar-refractivity contribution in [2.24, 2.45) is 0 Å². The standard InChI is InChI=1S/C18H20O3S/c1-2-3-4-7-13-21-15-10-8-12-17-18(15)14-9-5-6-11-16(14)22(17,19)20/h5-6,8-12H,2-4,7,13H2,1H3. The van der Waals surface area contributed by atoms with Gasteiger partial charge in [0.05, 0.1) is 16.4 Å². The maximum absolute atomic E-state index is 12.6. The molecule has 0 spiro atoms. The second-order valence-electron chi connectivity index (χ2n) is 5.54. The van der Waals surface area contributed by atoms with Gasteiger partial charge in [0.2, 0.25) is 9.84 Å². The van der Waals surface area contributed by atoms with Gasteiger partial charge in [0.15, 0.2) is 0 Å². The van der Waals surface area contributed by atoms with Crippen LogP contribution in [-0.4, -0.2) is 15.0 Å². The van der Waals surface area contributed by atoms with Gasteiger partial charge in [0, 0.05) is 11.1 Å². The molecule has 2 aromatic carbocycles. The van der Waals surface area contributed by atoms with E-state index in [-0.39, 0.29) is 0 Å². The van der Waals surface area contributed by atoms with Gasteiger partial charge in [-0.15, -0.1) is 0 Å². The number of rotatable bonds is 6. The van der Waals surface area contributed by atoms with E-state index in [1.54, 1.807) is 24.3 Å². The molecule has 1 aliphatic rings. The van der Waals surface area contributed by atoms with Crippen LogP contribution in [0.2, 0.25) is 0 Å². The maximum atomic E-state index is 12.6. The highest BCUT2D eigenvalue weighted by atomic mass is 32.2. The fraction of sp³-hybridized carbons (Fsp3) is 0.333. The van der Waals surface area contributed by atoms with Gasteiger partial charge in [0.25, 0.3) is 0 Å². The van der Waals surface area contributed by atoms with Crippen molar-refractivity contribution in [3.8, 4) is 16.9 Å². The van der Waals surface area contributed by atoms with Gasteiger partial charge in [-0.25, -0.2) is 8.42 Å². The maximum Gasteiger partial charge on any atom is 0.207 e. The average molecular weight is 316 g/mol. The Morgan fingerprint density at radius 2 is 1.68 bits per heavy atom. The highest BCUT2D eigenvalue weighted by Gasteiger charge is 2.34. The van der Waals surface area contributed by atoms with Crippen LogP contribution in [0.1, 0.15) is 32.6 Å². The van der Waals surface area contributed by atoms with Crippen LogP contribution < -0.4 is 4.74 Å². The second-order valence-corrected chi connectivity index (χ2v) is 7.42. The fourth-order valence-corrected chi connectivity index (χ4v) is 4.55. The van der Waals surface area contributed by atoms with Gasteiger partial charge in [-0.05, 0) is 24.6 Å². The van der Waals surface area contributed by atoms with E-state index in [0.29, 0.717) is 27.7 Å². The SMILES string of the molecule is CCCCCCOc1cccc2c1-c1ccccc1S2(=O)=O. The molecule has 0 aromatic heterocycles. The van der Waals surface area contributed by atoms with Crippen LogP contribution >= 0.6 is 0 Å². The molecule has 0 aliphatic carbocycles. The first-order valence-corrected chi connectivity index (χ1v) is 9.25. The predicted octanol–water partition coefficient (Wildman–Crippen LogP) is 4.46. The van der Waals surface area contributed by atoms with Crippen LogP contribution in [0.25, 0.3) is 11.1 Å². The summed E-state index contributed by atoms with van der Waals surface area (Å²) in [7, 11) is -3.41. The fourth-order valence-electron chi connectivity index (χ4n) is 2.86. The minimum atomic E-state index is -3.41. The summed E-state index contributed by atoms with van der Waals surface area (Å²) >= 11 is 0. The third-order valence-electron chi connectivity index (χ3n) is 3.98. The van der Waals surface area contributed by atoms with Gasteiger partial charge in [-0.1, -0.05) is 50.5 Å². The summed E-state index contributed by atoms with van der Waals surface area (Å²) in [5.74, 6) is 0.669. The molecule has 0 bridgehead atoms. The van der Waals surface area contributed by atoms with Crippen LogP contribution in [-0.2, 0) is 9.84 Å². The Morgan fingerprint density at radius 1 is 0.909 bits per heavy atom. The minimum absolute atomic E-state index is 0.361. The summed E-state index contributed by atoms with van der Waals surface area (Å²) in [6.45, 7) is 2.80. The second kappa shape index (κ2) is 6.13. The Morgan fingerprint density at radius 3 is 2.50 bits per heavy atom. The molecule has 0 unspecified atom stereocenters. The molecular weight excluding hydrogens is 296 g/mol. The number of hydrogen-bond donors (Lipinski definition) is 0. The average Bonchev–Trinajstić information content (AvgIpc) is 2.77.